The third kappa shape index (κ3) is 6.31. The molecular weight excluding hydrogens is 468 g/mol. The molecular formula is C14H16BrFIN3S. The summed E-state index contributed by atoms with van der Waals surface area (Å²) < 4.78 is 13.9. The van der Waals surface area contributed by atoms with E-state index in [9.17, 15) is 4.39 Å². The van der Waals surface area contributed by atoms with Crippen LogP contribution in [0.1, 0.15) is 10.4 Å². The molecule has 0 bridgehead atoms. The molecule has 1 aromatic carbocycles. The summed E-state index contributed by atoms with van der Waals surface area (Å²) in [5, 5.41) is 8.47. The first-order chi connectivity index (χ1) is 9.67. The molecule has 7 heteroatoms. The van der Waals surface area contributed by atoms with Crippen LogP contribution in [-0.4, -0.2) is 13.0 Å². The zero-order chi connectivity index (χ0) is 14.4. The molecule has 0 spiro atoms. The maximum atomic E-state index is 12.8. The first-order valence-electron chi connectivity index (χ1n) is 6.09. The lowest BCUT2D eigenvalue weighted by Crippen LogP contribution is -2.36. The molecule has 3 nitrogen and oxygen atoms in total. The van der Waals surface area contributed by atoms with Gasteiger partial charge in [-0.3, -0.25) is 4.99 Å². The topological polar surface area (TPSA) is 36.4 Å². The van der Waals surface area contributed by atoms with E-state index in [1.807, 2.05) is 5.38 Å². The number of halogens is 3. The molecule has 0 aliphatic heterocycles. The molecule has 114 valence electrons. The molecule has 0 atom stereocenters. The highest BCUT2D eigenvalue weighted by Gasteiger charge is 2.01. The molecule has 0 aliphatic carbocycles. The van der Waals surface area contributed by atoms with Crippen LogP contribution in [0.2, 0.25) is 0 Å². The number of thiophene rings is 1. The summed E-state index contributed by atoms with van der Waals surface area (Å²) >= 11 is 5.11. The maximum Gasteiger partial charge on any atom is 0.191 e. The van der Waals surface area contributed by atoms with E-state index in [0.29, 0.717) is 6.54 Å². The van der Waals surface area contributed by atoms with Crippen molar-refractivity contribution < 1.29 is 4.39 Å². The third-order valence-corrected chi connectivity index (χ3v) is 4.35. The Hall–Kier alpha value is -0.670. The summed E-state index contributed by atoms with van der Waals surface area (Å²) in [5.41, 5.74) is 1.01. The first kappa shape index (κ1) is 18.4. The van der Waals surface area contributed by atoms with Crippen molar-refractivity contribution in [2.75, 3.05) is 7.05 Å². The van der Waals surface area contributed by atoms with Crippen LogP contribution in [0.15, 0.2) is 45.2 Å². The van der Waals surface area contributed by atoms with Gasteiger partial charge in [0.15, 0.2) is 5.96 Å². The molecule has 0 radical (unpaired) electrons. The van der Waals surface area contributed by atoms with Crippen molar-refractivity contribution >= 4 is 57.2 Å². The minimum absolute atomic E-state index is 0. The Morgan fingerprint density at radius 1 is 1.24 bits per heavy atom. The Morgan fingerprint density at radius 2 is 1.90 bits per heavy atom. The van der Waals surface area contributed by atoms with Crippen LogP contribution in [0.5, 0.6) is 0 Å². The van der Waals surface area contributed by atoms with E-state index in [1.54, 1.807) is 30.5 Å². The van der Waals surface area contributed by atoms with E-state index in [1.165, 1.54) is 17.0 Å². The van der Waals surface area contributed by atoms with Gasteiger partial charge in [0, 0.05) is 28.3 Å². The quantitative estimate of drug-likeness (QED) is 0.389. The van der Waals surface area contributed by atoms with E-state index in [4.69, 9.17) is 0 Å². The van der Waals surface area contributed by atoms with Gasteiger partial charge in [-0.2, -0.15) is 0 Å². The summed E-state index contributed by atoms with van der Waals surface area (Å²) in [6.45, 7) is 1.33. The molecule has 0 fully saturated rings. The number of guanidine groups is 1. The summed E-state index contributed by atoms with van der Waals surface area (Å²) in [5.74, 6) is 0.498. The van der Waals surface area contributed by atoms with Gasteiger partial charge in [-0.05, 0) is 39.7 Å². The van der Waals surface area contributed by atoms with Gasteiger partial charge < -0.3 is 10.6 Å². The zero-order valence-electron chi connectivity index (χ0n) is 11.4. The lowest BCUT2D eigenvalue weighted by molar-refractivity contribution is 0.626. The summed E-state index contributed by atoms with van der Waals surface area (Å²) in [6, 6.07) is 8.50. The van der Waals surface area contributed by atoms with E-state index >= 15 is 0 Å². The normalized spacial score (nSPS) is 10.9. The summed E-state index contributed by atoms with van der Waals surface area (Å²) in [7, 11) is 1.73. The monoisotopic (exact) mass is 483 g/mol. The number of aliphatic imine (C=N–C) groups is 1. The highest BCUT2D eigenvalue weighted by atomic mass is 127. The minimum atomic E-state index is -0.223. The van der Waals surface area contributed by atoms with Gasteiger partial charge >= 0.3 is 0 Å². The largest absolute Gasteiger partial charge is 0.352 e. The molecule has 0 aliphatic rings. The van der Waals surface area contributed by atoms with Crippen LogP contribution in [0.4, 0.5) is 4.39 Å². The molecule has 1 aromatic heterocycles. The van der Waals surface area contributed by atoms with Crippen LogP contribution in [0.25, 0.3) is 0 Å². The van der Waals surface area contributed by atoms with Crippen LogP contribution in [0, 0.1) is 5.82 Å². The molecule has 1 heterocycles. The fraction of sp³-hybridized carbons (Fsp3) is 0.214. The van der Waals surface area contributed by atoms with E-state index in [0.717, 1.165) is 22.5 Å². The second-order valence-corrected chi connectivity index (χ2v) is 6.05. The number of nitrogens with one attached hydrogen (secondary N) is 2. The van der Waals surface area contributed by atoms with Gasteiger partial charge in [0.1, 0.15) is 5.82 Å². The zero-order valence-corrected chi connectivity index (χ0v) is 16.1. The Kier molecular flexibility index (Phi) is 8.20. The smallest absolute Gasteiger partial charge is 0.191 e. The lowest BCUT2D eigenvalue weighted by atomic mass is 10.2. The first-order valence-corrected chi connectivity index (χ1v) is 7.76. The van der Waals surface area contributed by atoms with Gasteiger partial charge in [0.25, 0.3) is 0 Å². The van der Waals surface area contributed by atoms with E-state index < -0.39 is 0 Å². The van der Waals surface area contributed by atoms with Crippen molar-refractivity contribution in [1.29, 1.82) is 0 Å². The minimum Gasteiger partial charge on any atom is -0.352 e. The van der Waals surface area contributed by atoms with Gasteiger partial charge in [-0.25, -0.2) is 4.39 Å². The van der Waals surface area contributed by atoms with Crippen molar-refractivity contribution in [2.24, 2.45) is 4.99 Å². The molecule has 0 saturated carbocycles. The Morgan fingerprint density at radius 3 is 2.48 bits per heavy atom. The number of benzene rings is 1. The van der Waals surface area contributed by atoms with Crippen molar-refractivity contribution in [3.8, 4) is 0 Å². The highest BCUT2D eigenvalue weighted by Crippen LogP contribution is 2.19. The predicted molar refractivity (Wildman–Crippen MR) is 101 cm³/mol. The van der Waals surface area contributed by atoms with Crippen LogP contribution in [-0.2, 0) is 13.1 Å². The average molecular weight is 484 g/mol. The molecule has 0 saturated heterocycles. The molecule has 2 rings (SSSR count). The van der Waals surface area contributed by atoms with Crippen molar-refractivity contribution in [3.05, 3.63) is 56.4 Å². The van der Waals surface area contributed by atoms with Gasteiger partial charge in [0.2, 0.25) is 0 Å². The summed E-state index contributed by atoms with van der Waals surface area (Å²) in [4.78, 5) is 5.38. The highest BCUT2D eigenvalue weighted by molar-refractivity contribution is 14.0. The molecule has 2 N–H and O–H groups in total. The van der Waals surface area contributed by atoms with Crippen LogP contribution >= 0.6 is 51.2 Å². The van der Waals surface area contributed by atoms with Crippen LogP contribution < -0.4 is 10.6 Å². The lowest BCUT2D eigenvalue weighted by Gasteiger charge is -2.11. The predicted octanol–water partition coefficient (Wildman–Crippen LogP) is 4.13. The fourth-order valence-corrected chi connectivity index (χ4v) is 3.02. The Labute approximate surface area is 153 Å². The molecule has 0 unspecified atom stereocenters. The second kappa shape index (κ2) is 9.37. The van der Waals surface area contributed by atoms with Crippen molar-refractivity contribution in [1.82, 2.24) is 10.6 Å². The summed E-state index contributed by atoms with van der Waals surface area (Å²) in [6.07, 6.45) is 0. The van der Waals surface area contributed by atoms with Crippen molar-refractivity contribution in [2.45, 2.75) is 13.1 Å². The van der Waals surface area contributed by atoms with Gasteiger partial charge in [-0.15, -0.1) is 35.3 Å². The second-order valence-electron chi connectivity index (χ2n) is 4.14. The standard InChI is InChI=1S/C14H15BrFN3S.HI/c1-17-14(19-8-13-6-11(15)9-20-13)18-7-10-2-4-12(16)5-3-10;/h2-6,9H,7-8H2,1H3,(H2,17,18,19);1H. The van der Waals surface area contributed by atoms with Crippen LogP contribution in [0.3, 0.4) is 0 Å². The van der Waals surface area contributed by atoms with Gasteiger partial charge in [0.05, 0.1) is 6.54 Å². The average Bonchev–Trinajstić information content (AvgIpc) is 2.87. The third-order valence-electron chi connectivity index (χ3n) is 2.65. The number of rotatable bonds is 4. The molecule has 2 aromatic rings. The van der Waals surface area contributed by atoms with E-state index in [2.05, 4.69) is 37.6 Å². The van der Waals surface area contributed by atoms with E-state index in [-0.39, 0.29) is 29.8 Å². The molecule has 0 amide bonds. The van der Waals surface area contributed by atoms with Gasteiger partial charge in [-0.1, -0.05) is 12.1 Å². The SMILES string of the molecule is CN=C(NCc1ccc(F)cc1)NCc1cc(Br)cs1.I. The Balaban J connectivity index is 0.00000220. The number of hydrogen-bond acceptors (Lipinski definition) is 2. The fourth-order valence-electron chi connectivity index (χ4n) is 1.63. The molecule has 21 heavy (non-hydrogen) atoms. The maximum absolute atomic E-state index is 12.8. The number of nitrogens with zero attached hydrogens (tertiary/aromatic N) is 1. The number of hydrogen-bond donors (Lipinski definition) is 2. The van der Waals surface area contributed by atoms with Crippen molar-refractivity contribution in [3.63, 3.8) is 0 Å². The Bertz CT molecular complexity index is 586.